The number of rotatable bonds is 6. The standard InChI is InChI=1S/C12H20N4O/c1-10-7-14-16(9-10)6-5-13-8-12(17)15(2)11-3-4-11/h7,9,11,13H,3-6,8H2,1-2H3. The lowest BCUT2D eigenvalue weighted by Gasteiger charge is -2.16. The fraction of sp³-hybridized carbons (Fsp3) is 0.667. The fourth-order valence-corrected chi connectivity index (χ4v) is 1.77. The first-order chi connectivity index (χ1) is 8.16. The molecule has 1 aromatic rings. The van der Waals surface area contributed by atoms with Crippen LogP contribution in [0.15, 0.2) is 12.4 Å². The Balaban J connectivity index is 1.61. The van der Waals surface area contributed by atoms with Gasteiger partial charge < -0.3 is 10.2 Å². The normalized spacial score (nSPS) is 14.9. The quantitative estimate of drug-likeness (QED) is 0.727. The van der Waals surface area contributed by atoms with E-state index in [1.54, 1.807) is 0 Å². The number of carbonyl (C=O) groups is 1. The van der Waals surface area contributed by atoms with E-state index in [9.17, 15) is 4.79 Å². The third-order valence-electron chi connectivity index (χ3n) is 3.04. The van der Waals surface area contributed by atoms with Crippen molar-refractivity contribution in [1.29, 1.82) is 0 Å². The molecule has 5 heteroatoms. The first kappa shape index (κ1) is 12.1. The molecule has 2 rings (SSSR count). The summed E-state index contributed by atoms with van der Waals surface area (Å²) >= 11 is 0. The smallest absolute Gasteiger partial charge is 0.236 e. The summed E-state index contributed by atoms with van der Waals surface area (Å²) < 4.78 is 1.89. The molecule has 5 nitrogen and oxygen atoms in total. The van der Waals surface area contributed by atoms with Gasteiger partial charge in [-0.2, -0.15) is 5.10 Å². The highest BCUT2D eigenvalue weighted by Gasteiger charge is 2.28. The number of nitrogens with zero attached hydrogens (tertiary/aromatic N) is 3. The third kappa shape index (κ3) is 3.56. The Morgan fingerprint density at radius 1 is 1.65 bits per heavy atom. The molecule has 0 bridgehead atoms. The van der Waals surface area contributed by atoms with E-state index in [2.05, 4.69) is 10.4 Å². The maximum Gasteiger partial charge on any atom is 0.236 e. The largest absolute Gasteiger partial charge is 0.342 e. The Kier molecular flexibility index (Phi) is 3.78. The summed E-state index contributed by atoms with van der Waals surface area (Å²) in [6, 6.07) is 0.498. The number of hydrogen-bond donors (Lipinski definition) is 1. The number of aromatic nitrogens is 2. The Morgan fingerprint density at radius 3 is 3.00 bits per heavy atom. The second kappa shape index (κ2) is 5.31. The SMILES string of the molecule is Cc1cnn(CCNCC(=O)N(C)C2CC2)c1. The molecule has 0 aliphatic heterocycles. The van der Waals surface area contributed by atoms with Gasteiger partial charge in [0.05, 0.1) is 19.3 Å². The minimum absolute atomic E-state index is 0.184. The molecule has 1 aliphatic carbocycles. The van der Waals surface area contributed by atoms with Crippen molar-refractivity contribution in [3.63, 3.8) is 0 Å². The zero-order valence-electron chi connectivity index (χ0n) is 10.5. The highest BCUT2D eigenvalue weighted by molar-refractivity contribution is 5.78. The van der Waals surface area contributed by atoms with E-state index in [1.807, 2.05) is 35.9 Å². The maximum atomic E-state index is 11.7. The van der Waals surface area contributed by atoms with Gasteiger partial charge in [-0.25, -0.2) is 0 Å². The van der Waals surface area contributed by atoms with Crippen LogP contribution in [-0.2, 0) is 11.3 Å². The number of carbonyl (C=O) groups excluding carboxylic acids is 1. The van der Waals surface area contributed by atoms with Gasteiger partial charge in [-0.05, 0) is 25.3 Å². The van der Waals surface area contributed by atoms with Crippen molar-refractivity contribution in [2.24, 2.45) is 0 Å². The minimum atomic E-state index is 0.184. The van der Waals surface area contributed by atoms with Crippen LogP contribution in [0.3, 0.4) is 0 Å². The van der Waals surface area contributed by atoms with Crippen LogP contribution in [0.4, 0.5) is 0 Å². The van der Waals surface area contributed by atoms with Crippen molar-refractivity contribution >= 4 is 5.91 Å². The second-order valence-electron chi connectivity index (χ2n) is 4.69. The van der Waals surface area contributed by atoms with E-state index in [4.69, 9.17) is 0 Å². The van der Waals surface area contributed by atoms with Crippen LogP contribution in [0.2, 0.25) is 0 Å². The zero-order chi connectivity index (χ0) is 12.3. The van der Waals surface area contributed by atoms with E-state index >= 15 is 0 Å². The summed E-state index contributed by atoms with van der Waals surface area (Å²) in [6.45, 7) is 4.01. The number of aryl methyl sites for hydroxylation is 1. The summed E-state index contributed by atoms with van der Waals surface area (Å²) in [5.41, 5.74) is 1.16. The molecule has 0 radical (unpaired) electrons. The van der Waals surface area contributed by atoms with Crippen LogP contribution in [-0.4, -0.2) is 46.8 Å². The van der Waals surface area contributed by atoms with Crippen molar-refractivity contribution in [2.75, 3.05) is 20.1 Å². The zero-order valence-corrected chi connectivity index (χ0v) is 10.5. The van der Waals surface area contributed by atoms with Gasteiger partial charge in [0.25, 0.3) is 0 Å². The lowest BCUT2D eigenvalue weighted by atomic mass is 10.4. The lowest BCUT2D eigenvalue weighted by molar-refractivity contribution is -0.129. The molecule has 0 spiro atoms. The molecule has 0 atom stereocenters. The molecule has 94 valence electrons. The van der Waals surface area contributed by atoms with Crippen molar-refractivity contribution in [3.8, 4) is 0 Å². The Morgan fingerprint density at radius 2 is 2.41 bits per heavy atom. The Bertz CT molecular complexity index is 384. The molecule has 0 saturated heterocycles. The fourth-order valence-electron chi connectivity index (χ4n) is 1.77. The Labute approximate surface area is 102 Å². The molecular formula is C12H20N4O. The molecule has 1 aliphatic rings. The van der Waals surface area contributed by atoms with Crippen LogP contribution in [0.25, 0.3) is 0 Å². The lowest BCUT2D eigenvalue weighted by Crippen LogP contribution is -2.37. The summed E-state index contributed by atoms with van der Waals surface area (Å²) in [7, 11) is 1.89. The summed E-state index contributed by atoms with van der Waals surface area (Å²) in [6.07, 6.45) is 6.16. The number of hydrogen-bond acceptors (Lipinski definition) is 3. The van der Waals surface area contributed by atoms with Gasteiger partial charge in [-0.3, -0.25) is 9.48 Å². The van der Waals surface area contributed by atoms with Crippen molar-refractivity contribution < 1.29 is 4.79 Å². The van der Waals surface area contributed by atoms with Crippen LogP contribution in [0, 0.1) is 6.92 Å². The molecule has 1 heterocycles. The van der Waals surface area contributed by atoms with Crippen LogP contribution in [0.5, 0.6) is 0 Å². The number of likely N-dealkylation sites (N-methyl/N-ethyl adjacent to an activating group) is 1. The summed E-state index contributed by atoms with van der Waals surface area (Å²) in [4.78, 5) is 13.5. The molecule has 17 heavy (non-hydrogen) atoms. The minimum Gasteiger partial charge on any atom is -0.342 e. The molecular weight excluding hydrogens is 216 g/mol. The van der Waals surface area contributed by atoms with Gasteiger partial charge >= 0.3 is 0 Å². The second-order valence-corrected chi connectivity index (χ2v) is 4.69. The van der Waals surface area contributed by atoms with E-state index in [1.165, 1.54) is 0 Å². The van der Waals surface area contributed by atoms with Crippen LogP contribution >= 0.6 is 0 Å². The van der Waals surface area contributed by atoms with Gasteiger partial charge in [0.2, 0.25) is 5.91 Å². The number of nitrogens with one attached hydrogen (secondary N) is 1. The Hall–Kier alpha value is -1.36. The van der Waals surface area contributed by atoms with E-state index in [0.29, 0.717) is 12.6 Å². The summed E-state index contributed by atoms with van der Waals surface area (Å²) in [5, 5.41) is 7.34. The van der Waals surface area contributed by atoms with E-state index in [-0.39, 0.29) is 5.91 Å². The van der Waals surface area contributed by atoms with Crippen LogP contribution in [0.1, 0.15) is 18.4 Å². The monoisotopic (exact) mass is 236 g/mol. The highest BCUT2D eigenvalue weighted by Crippen LogP contribution is 2.24. The summed E-state index contributed by atoms with van der Waals surface area (Å²) in [5.74, 6) is 0.184. The van der Waals surface area contributed by atoms with Crippen molar-refractivity contribution in [1.82, 2.24) is 20.0 Å². The molecule has 1 aromatic heterocycles. The van der Waals surface area contributed by atoms with Gasteiger partial charge in [-0.1, -0.05) is 0 Å². The van der Waals surface area contributed by atoms with Gasteiger partial charge in [0.1, 0.15) is 0 Å². The third-order valence-corrected chi connectivity index (χ3v) is 3.04. The maximum absolute atomic E-state index is 11.7. The van der Waals surface area contributed by atoms with Gasteiger partial charge in [0.15, 0.2) is 0 Å². The topological polar surface area (TPSA) is 50.2 Å². The number of amides is 1. The van der Waals surface area contributed by atoms with Crippen LogP contribution < -0.4 is 5.32 Å². The van der Waals surface area contributed by atoms with Crippen molar-refractivity contribution in [3.05, 3.63) is 18.0 Å². The highest BCUT2D eigenvalue weighted by atomic mass is 16.2. The van der Waals surface area contributed by atoms with Gasteiger partial charge in [0, 0.05) is 25.8 Å². The molecule has 0 aromatic carbocycles. The van der Waals surface area contributed by atoms with E-state index < -0.39 is 0 Å². The average molecular weight is 236 g/mol. The predicted molar refractivity (Wildman–Crippen MR) is 65.6 cm³/mol. The molecule has 1 amide bonds. The van der Waals surface area contributed by atoms with Crippen molar-refractivity contribution in [2.45, 2.75) is 32.4 Å². The first-order valence-electron chi connectivity index (χ1n) is 6.12. The molecule has 0 unspecified atom stereocenters. The molecule has 1 N–H and O–H groups in total. The first-order valence-corrected chi connectivity index (χ1v) is 6.12. The van der Waals surface area contributed by atoms with E-state index in [0.717, 1.165) is 31.5 Å². The van der Waals surface area contributed by atoms with Gasteiger partial charge in [-0.15, -0.1) is 0 Å². The molecule has 1 fully saturated rings. The predicted octanol–water partition coefficient (Wildman–Crippen LogP) is 0.402. The average Bonchev–Trinajstić information content (AvgIpc) is 3.07. The molecule has 1 saturated carbocycles.